The van der Waals surface area contributed by atoms with Crippen LogP contribution in [0, 0.1) is 9.81 Å². The highest BCUT2D eigenvalue weighted by Gasteiger charge is 2.13. The van der Waals surface area contributed by atoms with E-state index in [2.05, 4.69) is 27.9 Å². The first-order chi connectivity index (χ1) is 8.99. The number of carbonyl (C=O) groups excluding carboxylic acids is 1. The van der Waals surface area contributed by atoms with E-state index in [1.165, 1.54) is 11.3 Å². The van der Waals surface area contributed by atoms with Crippen molar-refractivity contribution in [2.24, 2.45) is 5.73 Å². The van der Waals surface area contributed by atoms with Crippen LogP contribution in [0.15, 0.2) is 29.6 Å². The molecule has 2 rings (SSSR count). The van der Waals surface area contributed by atoms with E-state index in [1.54, 1.807) is 6.07 Å². The molecule has 0 unspecified atom stereocenters. The minimum Gasteiger partial charge on any atom is -0.389 e. The molecule has 0 atom stereocenters. The number of nitrogens with two attached hydrogens (primary N) is 1. The summed E-state index contributed by atoms with van der Waals surface area (Å²) < 4.78 is 1.07. The molecule has 0 bridgehead atoms. The average Bonchev–Trinajstić information content (AvgIpc) is 2.75. The largest absolute Gasteiger partial charge is 0.389 e. The molecule has 19 heavy (non-hydrogen) atoms. The van der Waals surface area contributed by atoms with Crippen molar-refractivity contribution in [3.8, 4) is 0 Å². The lowest BCUT2D eigenvalue weighted by Gasteiger charge is -2.12. The molecule has 0 saturated heterocycles. The zero-order valence-corrected chi connectivity index (χ0v) is 13.9. The van der Waals surface area contributed by atoms with Crippen molar-refractivity contribution in [1.29, 1.82) is 0 Å². The van der Waals surface area contributed by atoms with E-state index >= 15 is 0 Å². The summed E-state index contributed by atoms with van der Waals surface area (Å²) in [4.78, 5) is 12.4. The lowest BCUT2D eigenvalue weighted by Crippen LogP contribution is -2.18. The summed E-state index contributed by atoms with van der Waals surface area (Å²) in [5.41, 5.74) is 8.68. The Hall–Kier alpha value is -0.990. The van der Waals surface area contributed by atoms with Crippen molar-refractivity contribution in [3.63, 3.8) is 0 Å². The van der Waals surface area contributed by atoms with Gasteiger partial charge in [0.1, 0.15) is 4.99 Å². The zero-order valence-electron chi connectivity index (χ0n) is 10.1. The number of hydrogen-bond donors (Lipinski definition) is 2. The summed E-state index contributed by atoms with van der Waals surface area (Å²) in [6.07, 6.45) is 0. The Morgan fingerprint density at radius 1 is 1.47 bits per heavy atom. The Kier molecular flexibility index (Phi) is 4.54. The lowest BCUT2D eigenvalue weighted by molar-refractivity contribution is 0.102. The number of nitrogens with one attached hydrogen (secondary N) is 1. The Morgan fingerprint density at radius 2 is 2.21 bits per heavy atom. The van der Waals surface area contributed by atoms with Gasteiger partial charge in [0.2, 0.25) is 0 Å². The lowest BCUT2D eigenvalue weighted by atomic mass is 10.1. The first-order valence-electron chi connectivity index (χ1n) is 5.44. The van der Waals surface area contributed by atoms with Crippen LogP contribution in [0.2, 0.25) is 0 Å². The number of carbonyl (C=O) groups is 1. The van der Waals surface area contributed by atoms with Crippen LogP contribution in [0.1, 0.15) is 21.5 Å². The molecule has 0 aliphatic heterocycles. The predicted molar refractivity (Wildman–Crippen MR) is 92.1 cm³/mol. The maximum Gasteiger partial charge on any atom is 0.256 e. The van der Waals surface area contributed by atoms with E-state index in [-0.39, 0.29) is 10.9 Å². The summed E-state index contributed by atoms with van der Waals surface area (Å²) in [5.74, 6) is -0.151. The highest BCUT2D eigenvalue weighted by Crippen LogP contribution is 2.22. The number of anilines is 1. The highest BCUT2D eigenvalue weighted by atomic mass is 127. The van der Waals surface area contributed by atoms with E-state index in [0.29, 0.717) is 11.3 Å². The quantitative estimate of drug-likeness (QED) is 0.610. The third-order valence-corrected chi connectivity index (χ3v) is 4.59. The topological polar surface area (TPSA) is 55.1 Å². The predicted octanol–water partition coefficient (Wildman–Crippen LogP) is 3.55. The van der Waals surface area contributed by atoms with Gasteiger partial charge in [-0.25, -0.2) is 0 Å². The smallest absolute Gasteiger partial charge is 0.256 e. The molecule has 1 aromatic carbocycles. The number of aryl methyl sites for hydroxylation is 1. The standard InChI is InChI=1S/C13H11IN2OS2/c1-7-3-2-4-9(11(7)12(15)18)16-13(17)8-5-10(14)19-6-8/h2-6H,1H3,(H2,15,18)(H,16,17). The summed E-state index contributed by atoms with van der Waals surface area (Å²) in [7, 11) is 0. The first kappa shape index (κ1) is 14.4. The molecule has 2 aromatic rings. The number of thiocarbonyl (C=S) groups is 1. The molecule has 0 radical (unpaired) electrons. The number of amides is 1. The molecule has 98 valence electrons. The molecule has 0 fully saturated rings. The maximum absolute atomic E-state index is 12.1. The Labute approximate surface area is 134 Å². The number of benzene rings is 1. The Balaban J connectivity index is 2.31. The Morgan fingerprint density at radius 3 is 2.79 bits per heavy atom. The van der Waals surface area contributed by atoms with Gasteiger partial charge in [0.05, 0.1) is 14.1 Å². The maximum atomic E-state index is 12.1. The van der Waals surface area contributed by atoms with Gasteiger partial charge in [-0.15, -0.1) is 11.3 Å². The van der Waals surface area contributed by atoms with Crippen LogP contribution in [0.25, 0.3) is 0 Å². The van der Waals surface area contributed by atoms with Crippen molar-refractivity contribution in [1.82, 2.24) is 0 Å². The van der Waals surface area contributed by atoms with Crippen molar-refractivity contribution in [3.05, 3.63) is 49.2 Å². The molecule has 0 aliphatic rings. The number of thiophene rings is 1. The monoisotopic (exact) mass is 402 g/mol. The van der Waals surface area contributed by atoms with Gasteiger partial charge in [0.25, 0.3) is 5.91 Å². The minimum absolute atomic E-state index is 0.151. The fourth-order valence-corrected chi connectivity index (χ4v) is 3.32. The van der Waals surface area contributed by atoms with Crippen LogP contribution in [-0.2, 0) is 0 Å². The van der Waals surface area contributed by atoms with Gasteiger partial charge in [-0.05, 0) is 47.2 Å². The van der Waals surface area contributed by atoms with Crippen molar-refractivity contribution in [2.45, 2.75) is 6.92 Å². The van der Waals surface area contributed by atoms with Crippen LogP contribution in [0.3, 0.4) is 0 Å². The van der Waals surface area contributed by atoms with E-state index < -0.39 is 0 Å². The van der Waals surface area contributed by atoms with E-state index in [1.807, 2.05) is 30.5 Å². The van der Waals surface area contributed by atoms with Gasteiger partial charge in [0.15, 0.2) is 0 Å². The summed E-state index contributed by atoms with van der Waals surface area (Å²) in [6.45, 7) is 1.91. The SMILES string of the molecule is Cc1cccc(NC(=O)c2csc(I)c2)c1C(N)=S. The fourth-order valence-electron chi connectivity index (χ4n) is 1.72. The number of halogens is 1. The van der Waals surface area contributed by atoms with Gasteiger partial charge in [0, 0.05) is 10.9 Å². The fraction of sp³-hybridized carbons (Fsp3) is 0.0769. The molecule has 0 aliphatic carbocycles. The van der Waals surface area contributed by atoms with Crippen molar-refractivity contribution >= 4 is 62.7 Å². The van der Waals surface area contributed by atoms with Crippen molar-refractivity contribution in [2.75, 3.05) is 5.32 Å². The van der Waals surface area contributed by atoms with E-state index in [9.17, 15) is 4.79 Å². The van der Waals surface area contributed by atoms with Crippen LogP contribution in [0.4, 0.5) is 5.69 Å². The van der Waals surface area contributed by atoms with Crippen molar-refractivity contribution < 1.29 is 4.79 Å². The molecule has 6 heteroatoms. The van der Waals surface area contributed by atoms with Gasteiger partial charge >= 0.3 is 0 Å². The van der Waals surface area contributed by atoms with Gasteiger partial charge in [-0.3, -0.25) is 4.79 Å². The summed E-state index contributed by atoms with van der Waals surface area (Å²) >= 11 is 8.76. The normalized spacial score (nSPS) is 10.2. The molecule has 3 N–H and O–H groups in total. The van der Waals surface area contributed by atoms with Gasteiger partial charge < -0.3 is 11.1 Å². The molecule has 3 nitrogen and oxygen atoms in total. The Bertz CT molecular complexity index is 652. The third kappa shape index (κ3) is 3.31. The molecular weight excluding hydrogens is 391 g/mol. The van der Waals surface area contributed by atoms with Crippen LogP contribution >= 0.6 is 46.1 Å². The van der Waals surface area contributed by atoms with E-state index in [4.69, 9.17) is 18.0 Å². The number of rotatable bonds is 3. The molecular formula is C13H11IN2OS2. The van der Waals surface area contributed by atoms with E-state index in [0.717, 1.165) is 14.0 Å². The van der Waals surface area contributed by atoms with Crippen LogP contribution in [0.5, 0.6) is 0 Å². The second kappa shape index (κ2) is 5.98. The minimum atomic E-state index is -0.151. The van der Waals surface area contributed by atoms with Crippen LogP contribution in [-0.4, -0.2) is 10.9 Å². The second-order valence-corrected chi connectivity index (χ2v) is 7.20. The number of hydrogen-bond acceptors (Lipinski definition) is 3. The zero-order chi connectivity index (χ0) is 14.0. The molecule has 0 spiro atoms. The van der Waals surface area contributed by atoms with Crippen LogP contribution < -0.4 is 11.1 Å². The summed E-state index contributed by atoms with van der Waals surface area (Å²) in [5, 5.41) is 4.69. The highest BCUT2D eigenvalue weighted by molar-refractivity contribution is 14.1. The average molecular weight is 402 g/mol. The first-order valence-corrected chi connectivity index (χ1v) is 7.80. The summed E-state index contributed by atoms with van der Waals surface area (Å²) in [6, 6.07) is 7.43. The molecule has 1 amide bonds. The molecule has 1 heterocycles. The van der Waals surface area contributed by atoms with Gasteiger partial charge in [-0.2, -0.15) is 0 Å². The molecule has 0 saturated carbocycles. The second-order valence-electron chi connectivity index (χ2n) is 3.96. The van der Waals surface area contributed by atoms with Gasteiger partial charge in [-0.1, -0.05) is 24.4 Å². The molecule has 1 aromatic heterocycles. The third-order valence-electron chi connectivity index (χ3n) is 2.60.